The van der Waals surface area contributed by atoms with E-state index in [1.807, 2.05) is 31.2 Å². The fourth-order valence-corrected chi connectivity index (χ4v) is 5.45. The van der Waals surface area contributed by atoms with Crippen molar-refractivity contribution in [2.45, 2.75) is 18.7 Å². The molecular weight excluding hydrogens is 432 g/mol. The van der Waals surface area contributed by atoms with E-state index in [0.717, 1.165) is 5.75 Å². The van der Waals surface area contributed by atoms with Gasteiger partial charge in [0.1, 0.15) is 12.4 Å². The number of aryl methyl sites for hydroxylation is 2. The Bertz CT molecular complexity index is 1340. The van der Waals surface area contributed by atoms with E-state index in [2.05, 4.69) is 14.9 Å². The fraction of sp³-hybridized carbons (Fsp3) is 0.364. The smallest absolute Gasteiger partial charge is 0.314 e. The van der Waals surface area contributed by atoms with E-state index in [4.69, 9.17) is 4.74 Å². The number of fused-ring (bicyclic) bond motifs is 1. The molecule has 0 aliphatic carbocycles. The van der Waals surface area contributed by atoms with Crippen molar-refractivity contribution in [2.75, 3.05) is 39.3 Å². The fourth-order valence-electron chi connectivity index (χ4n) is 3.79. The van der Waals surface area contributed by atoms with Crippen LogP contribution in [0.2, 0.25) is 0 Å². The van der Waals surface area contributed by atoms with Gasteiger partial charge in [-0.1, -0.05) is 17.7 Å². The average Bonchev–Trinajstić information content (AvgIpc) is 2.76. The van der Waals surface area contributed by atoms with Gasteiger partial charge in [-0.25, -0.2) is 8.42 Å². The molecule has 0 saturated carbocycles. The normalized spacial score (nSPS) is 15.8. The zero-order chi connectivity index (χ0) is 22.9. The van der Waals surface area contributed by atoms with Gasteiger partial charge < -0.3 is 14.7 Å². The summed E-state index contributed by atoms with van der Waals surface area (Å²) >= 11 is 0. The first-order valence-corrected chi connectivity index (χ1v) is 11.9. The molecule has 1 saturated heterocycles. The predicted molar refractivity (Wildman–Crippen MR) is 122 cm³/mol. The Hall–Kier alpha value is -2.95. The standard InChI is InChI=1S/C22H26N4O5S/c1-15-3-5-17(6-4-15)31-12-11-25-7-9-26(10-8-25)32(29,30)20-14-19-18(13-16(20)2)23-21(27)22(28)24-19/h3-6,13-14H,7-12H2,1-2H3,(H,23,27)(H,24,28). The maximum Gasteiger partial charge on any atom is 0.314 e. The highest BCUT2D eigenvalue weighted by atomic mass is 32.2. The van der Waals surface area contributed by atoms with E-state index in [0.29, 0.717) is 50.4 Å². The van der Waals surface area contributed by atoms with E-state index < -0.39 is 21.1 Å². The number of rotatable bonds is 6. The van der Waals surface area contributed by atoms with Crippen molar-refractivity contribution in [2.24, 2.45) is 0 Å². The summed E-state index contributed by atoms with van der Waals surface area (Å²) in [5.74, 6) is 0.822. The Morgan fingerprint density at radius 2 is 1.50 bits per heavy atom. The Morgan fingerprint density at radius 1 is 0.906 bits per heavy atom. The summed E-state index contributed by atoms with van der Waals surface area (Å²) in [5.41, 5.74) is 0.779. The second-order valence-corrected chi connectivity index (χ2v) is 9.89. The lowest BCUT2D eigenvalue weighted by Crippen LogP contribution is -2.49. The summed E-state index contributed by atoms with van der Waals surface area (Å²) in [6.45, 7) is 6.89. The van der Waals surface area contributed by atoms with Gasteiger partial charge in [-0.05, 0) is 43.7 Å². The van der Waals surface area contributed by atoms with Gasteiger partial charge in [0.15, 0.2) is 0 Å². The Morgan fingerprint density at radius 3 is 2.12 bits per heavy atom. The van der Waals surface area contributed by atoms with E-state index in [1.54, 1.807) is 13.0 Å². The van der Waals surface area contributed by atoms with Crippen LogP contribution in [0.25, 0.3) is 11.0 Å². The van der Waals surface area contributed by atoms with Gasteiger partial charge in [0.25, 0.3) is 0 Å². The highest BCUT2D eigenvalue weighted by Gasteiger charge is 2.30. The van der Waals surface area contributed by atoms with Crippen molar-refractivity contribution in [1.29, 1.82) is 0 Å². The molecule has 1 fully saturated rings. The number of aromatic amines is 2. The van der Waals surface area contributed by atoms with E-state index in [-0.39, 0.29) is 10.4 Å². The van der Waals surface area contributed by atoms with Crippen molar-refractivity contribution in [3.8, 4) is 5.75 Å². The van der Waals surface area contributed by atoms with E-state index in [1.165, 1.54) is 15.9 Å². The van der Waals surface area contributed by atoms with Gasteiger partial charge in [-0.2, -0.15) is 4.31 Å². The molecular formula is C22H26N4O5S. The summed E-state index contributed by atoms with van der Waals surface area (Å²) in [6, 6.07) is 10.9. The molecule has 3 aromatic rings. The highest BCUT2D eigenvalue weighted by Crippen LogP contribution is 2.24. The lowest BCUT2D eigenvalue weighted by molar-refractivity contribution is 0.159. The molecule has 1 aliphatic rings. The van der Waals surface area contributed by atoms with Gasteiger partial charge in [0.05, 0.1) is 15.9 Å². The molecule has 2 heterocycles. The Labute approximate surface area is 185 Å². The SMILES string of the molecule is Cc1ccc(OCCN2CCN(S(=O)(=O)c3cc4[nH]c(=O)c(=O)[nH]c4cc3C)CC2)cc1. The molecule has 170 valence electrons. The van der Waals surface area contributed by atoms with Crippen molar-refractivity contribution >= 4 is 21.1 Å². The number of ether oxygens (including phenoxy) is 1. The molecule has 32 heavy (non-hydrogen) atoms. The number of benzene rings is 2. The number of nitrogens with one attached hydrogen (secondary N) is 2. The van der Waals surface area contributed by atoms with Gasteiger partial charge in [-0.15, -0.1) is 0 Å². The molecule has 4 rings (SSSR count). The van der Waals surface area contributed by atoms with Gasteiger partial charge in [-0.3, -0.25) is 14.5 Å². The predicted octanol–water partition coefficient (Wildman–Crippen LogP) is 1.22. The zero-order valence-corrected chi connectivity index (χ0v) is 18.9. The number of nitrogens with zero attached hydrogens (tertiary/aromatic N) is 2. The summed E-state index contributed by atoms with van der Waals surface area (Å²) in [6.07, 6.45) is 0. The summed E-state index contributed by atoms with van der Waals surface area (Å²) in [5, 5.41) is 0. The lowest BCUT2D eigenvalue weighted by atomic mass is 10.2. The van der Waals surface area contributed by atoms with Crippen LogP contribution in [0.4, 0.5) is 0 Å². The van der Waals surface area contributed by atoms with Crippen molar-refractivity contribution in [3.05, 3.63) is 68.2 Å². The van der Waals surface area contributed by atoms with Crippen LogP contribution in [0, 0.1) is 13.8 Å². The molecule has 10 heteroatoms. The quantitative estimate of drug-likeness (QED) is 0.537. The molecule has 9 nitrogen and oxygen atoms in total. The third-order valence-electron chi connectivity index (χ3n) is 5.66. The topological polar surface area (TPSA) is 116 Å². The first-order valence-electron chi connectivity index (χ1n) is 10.4. The van der Waals surface area contributed by atoms with Crippen molar-refractivity contribution < 1.29 is 13.2 Å². The largest absolute Gasteiger partial charge is 0.492 e. The molecule has 2 N–H and O–H groups in total. The van der Waals surface area contributed by atoms with E-state index >= 15 is 0 Å². The zero-order valence-electron chi connectivity index (χ0n) is 18.1. The Kier molecular flexibility index (Phi) is 6.18. The molecule has 0 bridgehead atoms. The van der Waals surface area contributed by atoms with E-state index in [9.17, 15) is 18.0 Å². The van der Waals surface area contributed by atoms with Crippen LogP contribution >= 0.6 is 0 Å². The average molecular weight is 459 g/mol. The molecule has 1 aliphatic heterocycles. The van der Waals surface area contributed by atoms with Crippen LogP contribution in [0.1, 0.15) is 11.1 Å². The number of aromatic nitrogens is 2. The van der Waals surface area contributed by atoms with Crippen LogP contribution in [0.5, 0.6) is 5.75 Å². The molecule has 0 atom stereocenters. The summed E-state index contributed by atoms with van der Waals surface area (Å²) in [4.78, 5) is 30.4. The maximum atomic E-state index is 13.3. The highest BCUT2D eigenvalue weighted by molar-refractivity contribution is 7.89. The summed E-state index contributed by atoms with van der Waals surface area (Å²) in [7, 11) is -3.74. The van der Waals surface area contributed by atoms with Crippen molar-refractivity contribution in [3.63, 3.8) is 0 Å². The third-order valence-corrected chi connectivity index (χ3v) is 7.70. The second kappa shape index (κ2) is 8.89. The number of sulfonamides is 1. The van der Waals surface area contributed by atoms with Gasteiger partial charge in [0.2, 0.25) is 10.0 Å². The molecule has 0 amide bonds. The second-order valence-electron chi connectivity index (χ2n) is 7.98. The van der Waals surface area contributed by atoms with Crippen LogP contribution in [-0.2, 0) is 10.0 Å². The maximum absolute atomic E-state index is 13.3. The monoisotopic (exact) mass is 458 g/mol. The van der Waals surface area contributed by atoms with Crippen molar-refractivity contribution in [1.82, 2.24) is 19.2 Å². The number of H-pyrrole nitrogens is 2. The Balaban J connectivity index is 1.41. The number of hydrogen-bond donors (Lipinski definition) is 2. The molecule has 0 spiro atoms. The number of hydrogen-bond acceptors (Lipinski definition) is 6. The first-order chi connectivity index (χ1) is 15.2. The molecule has 1 aromatic heterocycles. The minimum Gasteiger partial charge on any atom is -0.492 e. The van der Waals surface area contributed by atoms with Crippen LogP contribution in [-0.4, -0.2) is 66.9 Å². The minimum atomic E-state index is -3.74. The minimum absolute atomic E-state index is 0.129. The third kappa shape index (κ3) is 4.62. The lowest BCUT2D eigenvalue weighted by Gasteiger charge is -2.34. The molecule has 0 radical (unpaired) electrons. The molecule has 0 unspecified atom stereocenters. The number of piperazine rings is 1. The first kappa shape index (κ1) is 22.3. The van der Waals surface area contributed by atoms with Crippen LogP contribution < -0.4 is 15.9 Å². The molecule has 2 aromatic carbocycles. The summed E-state index contributed by atoms with van der Waals surface area (Å²) < 4.78 is 33.7. The van der Waals surface area contributed by atoms with Crippen LogP contribution in [0.15, 0.2) is 50.9 Å². The van der Waals surface area contributed by atoms with Gasteiger partial charge >= 0.3 is 11.1 Å². The van der Waals surface area contributed by atoms with Crippen LogP contribution in [0.3, 0.4) is 0 Å². The van der Waals surface area contributed by atoms with Gasteiger partial charge in [0, 0.05) is 32.7 Å².